The summed E-state index contributed by atoms with van der Waals surface area (Å²) in [6.07, 6.45) is 3.16. The number of aromatic carboxylic acids is 1. The van der Waals surface area contributed by atoms with Crippen LogP contribution in [0.15, 0.2) is 16.5 Å². The fraction of sp³-hybridized carbons (Fsp3) is 0.571. The number of carboxylic acids is 1. The number of amides is 1. The smallest absolute Gasteiger partial charge is 0.371 e. The Morgan fingerprint density at radius 1 is 1.26 bits per heavy atom. The SMILES string of the molecule is CC1CCC(NC(=O)c2ccc(C(=O)O)o2)C(C)C1. The van der Waals surface area contributed by atoms with E-state index in [1.54, 1.807) is 0 Å². The first-order valence-corrected chi connectivity index (χ1v) is 6.61. The molecule has 1 aliphatic carbocycles. The zero-order chi connectivity index (χ0) is 14.0. The van der Waals surface area contributed by atoms with E-state index in [1.165, 1.54) is 12.1 Å². The fourth-order valence-electron chi connectivity index (χ4n) is 2.69. The lowest BCUT2D eigenvalue weighted by molar-refractivity contribution is 0.0658. The van der Waals surface area contributed by atoms with Crippen LogP contribution in [0.5, 0.6) is 0 Å². The number of furan rings is 1. The van der Waals surface area contributed by atoms with Gasteiger partial charge in [-0.05, 0) is 43.2 Å². The highest BCUT2D eigenvalue weighted by Crippen LogP contribution is 2.28. The first-order valence-electron chi connectivity index (χ1n) is 6.61. The molecule has 19 heavy (non-hydrogen) atoms. The molecule has 1 heterocycles. The van der Waals surface area contributed by atoms with Crippen molar-refractivity contribution >= 4 is 11.9 Å². The summed E-state index contributed by atoms with van der Waals surface area (Å²) in [7, 11) is 0. The van der Waals surface area contributed by atoms with Crippen molar-refractivity contribution in [2.75, 3.05) is 0 Å². The number of nitrogens with one attached hydrogen (secondary N) is 1. The second-order valence-corrected chi connectivity index (χ2v) is 5.44. The van der Waals surface area contributed by atoms with Crippen LogP contribution < -0.4 is 5.32 Å². The lowest BCUT2D eigenvalue weighted by atomic mass is 9.80. The van der Waals surface area contributed by atoms with E-state index in [-0.39, 0.29) is 23.5 Å². The number of carboxylic acid groups (broad SMARTS) is 1. The largest absolute Gasteiger partial charge is 0.475 e. The van der Waals surface area contributed by atoms with Crippen LogP contribution in [-0.4, -0.2) is 23.0 Å². The Kier molecular flexibility index (Phi) is 3.93. The monoisotopic (exact) mass is 265 g/mol. The van der Waals surface area contributed by atoms with Crippen molar-refractivity contribution in [3.63, 3.8) is 0 Å². The lowest BCUT2D eigenvalue weighted by Gasteiger charge is -2.32. The Morgan fingerprint density at radius 3 is 2.53 bits per heavy atom. The minimum absolute atomic E-state index is 0.0585. The fourth-order valence-corrected chi connectivity index (χ4v) is 2.69. The van der Waals surface area contributed by atoms with Gasteiger partial charge in [0.05, 0.1) is 0 Å². The molecule has 2 N–H and O–H groups in total. The Labute approximate surface area is 112 Å². The van der Waals surface area contributed by atoms with E-state index in [1.807, 2.05) is 0 Å². The Balaban J connectivity index is 1.98. The summed E-state index contributed by atoms with van der Waals surface area (Å²) in [6, 6.07) is 2.83. The first-order chi connectivity index (χ1) is 8.97. The highest BCUT2D eigenvalue weighted by atomic mass is 16.4. The van der Waals surface area contributed by atoms with E-state index in [4.69, 9.17) is 9.52 Å². The van der Waals surface area contributed by atoms with Crippen molar-refractivity contribution in [1.82, 2.24) is 5.32 Å². The summed E-state index contributed by atoms with van der Waals surface area (Å²) < 4.78 is 4.99. The second kappa shape index (κ2) is 5.47. The van der Waals surface area contributed by atoms with E-state index >= 15 is 0 Å². The summed E-state index contributed by atoms with van der Waals surface area (Å²) >= 11 is 0. The molecule has 1 fully saturated rings. The van der Waals surface area contributed by atoms with Crippen LogP contribution in [0.1, 0.15) is 54.2 Å². The van der Waals surface area contributed by atoms with Crippen LogP contribution in [0.25, 0.3) is 0 Å². The predicted octanol–water partition coefficient (Wildman–Crippen LogP) is 2.53. The van der Waals surface area contributed by atoms with Crippen molar-refractivity contribution in [1.29, 1.82) is 0 Å². The van der Waals surface area contributed by atoms with Gasteiger partial charge in [-0.1, -0.05) is 13.8 Å². The quantitative estimate of drug-likeness (QED) is 0.880. The van der Waals surface area contributed by atoms with Crippen LogP contribution >= 0.6 is 0 Å². The highest BCUT2D eigenvalue weighted by Gasteiger charge is 2.27. The van der Waals surface area contributed by atoms with Crippen LogP contribution in [0, 0.1) is 11.8 Å². The van der Waals surface area contributed by atoms with Gasteiger partial charge in [-0.25, -0.2) is 4.79 Å². The van der Waals surface area contributed by atoms with Crippen LogP contribution in [-0.2, 0) is 0 Å². The molecule has 5 heteroatoms. The summed E-state index contributed by atoms with van der Waals surface area (Å²) in [4.78, 5) is 22.7. The van der Waals surface area contributed by atoms with Gasteiger partial charge in [0.2, 0.25) is 5.76 Å². The standard InChI is InChI=1S/C14H19NO4/c1-8-3-4-10(9(2)7-8)15-13(16)11-5-6-12(19-11)14(17)18/h5-6,8-10H,3-4,7H2,1-2H3,(H,15,16)(H,17,18). The minimum Gasteiger partial charge on any atom is -0.475 e. The molecule has 0 aromatic carbocycles. The third-order valence-corrected chi connectivity index (χ3v) is 3.79. The van der Waals surface area contributed by atoms with E-state index < -0.39 is 5.97 Å². The van der Waals surface area contributed by atoms with Crippen LogP contribution in [0.2, 0.25) is 0 Å². The van der Waals surface area contributed by atoms with Gasteiger partial charge in [0.15, 0.2) is 5.76 Å². The zero-order valence-electron chi connectivity index (χ0n) is 11.2. The van der Waals surface area contributed by atoms with Gasteiger partial charge in [0.25, 0.3) is 5.91 Å². The molecule has 0 bridgehead atoms. The molecule has 104 valence electrons. The molecule has 2 rings (SSSR count). The van der Waals surface area contributed by atoms with Crippen LogP contribution in [0.4, 0.5) is 0 Å². The third kappa shape index (κ3) is 3.16. The molecule has 3 atom stereocenters. The molecule has 0 saturated heterocycles. The van der Waals surface area contributed by atoms with Crippen molar-refractivity contribution in [3.8, 4) is 0 Å². The number of carbonyl (C=O) groups is 2. The second-order valence-electron chi connectivity index (χ2n) is 5.44. The van der Waals surface area contributed by atoms with Gasteiger partial charge in [-0.15, -0.1) is 0 Å². The molecule has 0 spiro atoms. The molecule has 3 unspecified atom stereocenters. The number of carbonyl (C=O) groups excluding carboxylic acids is 1. The Hall–Kier alpha value is -1.78. The predicted molar refractivity (Wildman–Crippen MR) is 69.1 cm³/mol. The molecule has 0 aliphatic heterocycles. The lowest BCUT2D eigenvalue weighted by Crippen LogP contribution is -2.42. The van der Waals surface area contributed by atoms with Gasteiger partial charge in [0, 0.05) is 6.04 Å². The number of hydrogen-bond acceptors (Lipinski definition) is 3. The maximum absolute atomic E-state index is 12.0. The average molecular weight is 265 g/mol. The van der Waals surface area contributed by atoms with Crippen molar-refractivity contribution < 1.29 is 19.1 Å². The van der Waals surface area contributed by atoms with E-state index in [2.05, 4.69) is 19.2 Å². The van der Waals surface area contributed by atoms with Gasteiger partial charge >= 0.3 is 5.97 Å². The normalized spacial score (nSPS) is 26.9. The summed E-state index contributed by atoms with van der Waals surface area (Å²) in [5, 5.41) is 11.7. The average Bonchev–Trinajstić information content (AvgIpc) is 2.82. The molecule has 1 aliphatic rings. The van der Waals surface area contributed by atoms with Gasteiger partial charge in [0.1, 0.15) is 0 Å². The molecular weight excluding hydrogens is 246 g/mol. The maximum atomic E-state index is 12.0. The van der Waals surface area contributed by atoms with Crippen molar-refractivity contribution in [3.05, 3.63) is 23.7 Å². The summed E-state index contributed by atoms with van der Waals surface area (Å²) in [6.45, 7) is 4.35. The van der Waals surface area contributed by atoms with Gasteiger partial charge < -0.3 is 14.8 Å². The highest BCUT2D eigenvalue weighted by molar-refractivity contribution is 5.93. The summed E-state index contributed by atoms with van der Waals surface area (Å²) in [5.41, 5.74) is 0. The van der Waals surface area contributed by atoms with Crippen LogP contribution in [0.3, 0.4) is 0 Å². The number of rotatable bonds is 3. The van der Waals surface area contributed by atoms with E-state index in [9.17, 15) is 9.59 Å². The van der Waals surface area contributed by atoms with Crippen molar-refractivity contribution in [2.24, 2.45) is 11.8 Å². The Morgan fingerprint density at radius 2 is 1.95 bits per heavy atom. The zero-order valence-corrected chi connectivity index (χ0v) is 11.2. The van der Waals surface area contributed by atoms with Gasteiger partial charge in [-0.3, -0.25) is 4.79 Å². The molecule has 0 radical (unpaired) electrons. The van der Waals surface area contributed by atoms with Crippen molar-refractivity contribution in [2.45, 2.75) is 39.2 Å². The number of hydrogen-bond donors (Lipinski definition) is 2. The molecule has 1 amide bonds. The topological polar surface area (TPSA) is 79.5 Å². The maximum Gasteiger partial charge on any atom is 0.371 e. The molecule has 5 nitrogen and oxygen atoms in total. The molecule has 1 saturated carbocycles. The molecule has 1 aromatic heterocycles. The van der Waals surface area contributed by atoms with E-state index in [0.717, 1.165) is 19.3 Å². The first kappa shape index (κ1) is 13.6. The molecular formula is C14H19NO4. The van der Waals surface area contributed by atoms with E-state index in [0.29, 0.717) is 11.8 Å². The summed E-state index contributed by atoms with van der Waals surface area (Å²) in [5.74, 6) is -0.525. The Bertz CT molecular complexity index is 480. The third-order valence-electron chi connectivity index (χ3n) is 3.79. The molecule has 1 aromatic rings. The minimum atomic E-state index is -1.17. The van der Waals surface area contributed by atoms with Gasteiger partial charge in [-0.2, -0.15) is 0 Å².